The van der Waals surface area contributed by atoms with Crippen LogP contribution in [-0.4, -0.2) is 34.3 Å². The summed E-state index contributed by atoms with van der Waals surface area (Å²) in [6.07, 6.45) is 9.37. The molecule has 22 heavy (non-hydrogen) atoms. The predicted molar refractivity (Wildman–Crippen MR) is 93.6 cm³/mol. The number of likely N-dealkylation sites (N-methyl/N-ethyl adjacent to an activating group) is 1. The molecule has 3 heteroatoms. The van der Waals surface area contributed by atoms with Gasteiger partial charge in [0.2, 0.25) is 0 Å². The van der Waals surface area contributed by atoms with E-state index < -0.39 is 6.23 Å². The zero-order chi connectivity index (χ0) is 16.7. The molecule has 0 aliphatic heterocycles. The third-order valence-electron chi connectivity index (χ3n) is 4.38. The molecule has 0 amide bonds. The summed E-state index contributed by atoms with van der Waals surface area (Å²) >= 11 is 0. The summed E-state index contributed by atoms with van der Waals surface area (Å²) in [4.78, 5) is 6.25. The van der Waals surface area contributed by atoms with Crippen LogP contribution in [0.4, 0.5) is 0 Å². The van der Waals surface area contributed by atoms with Gasteiger partial charge in [-0.1, -0.05) is 31.2 Å². The predicted octanol–water partition coefficient (Wildman–Crippen LogP) is 3.98. The van der Waals surface area contributed by atoms with Crippen molar-refractivity contribution >= 4 is 0 Å². The number of aromatic nitrogens is 1. The highest BCUT2D eigenvalue weighted by Gasteiger charge is 2.32. The fourth-order valence-electron chi connectivity index (χ4n) is 2.76. The standard InChI is InChI=1S/C19H30N2O/c1-7-10-16(8-2)15(5)18(17-11-9-12-20-13-17)19(22)21(6)14(3)4/h7-15,18-19,22H,1-6H3/b10-7-,16-8+. The van der Waals surface area contributed by atoms with Gasteiger partial charge in [-0.05, 0) is 57.9 Å². The quantitative estimate of drug-likeness (QED) is 0.611. The second-order valence-corrected chi connectivity index (χ2v) is 6.06. The maximum atomic E-state index is 10.9. The number of rotatable bonds is 7. The van der Waals surface area contributed by atoms with Gasteiger partial charge in [-0.25, -0.2) is 0 Å². The molecule has 1 heterocycles. The molecule has 1 aromatic heterocycles. The Balaban J connectivity index is 3.23. The fraction of sp³-hybridized carbons (Fsp3) is 0.526. The molecule has 3 unspecified atom stereocenters. The Morgan fingerprint density at radius 2 is 1.95 bits per heavy atom. The lowest BCUT2D eigenvalue weighted by atomic mass is 9.80. The Bertz CT molecular complexity index is 493. The molecule has 3 atom stereocenters. The van der Waals surface area contributed by atoms with Crippen LogP contribution in [0.15, 0.2) is 48.3 Å². The Hall–Kier alpha value is -1.45. The van der Waals surface area contributed by atoms with Crippen molar-refractivity contribution in [1.82, 2.24) is 9.88 Å². The van der Waals surface area contributed by atoms with Gasteiger partial charge in [0.1, 0.15) is 6.23 Å². The number of aliphatic hydroxyl groups is 1. The van der Waals surface area contributed by atoms with E-state index in [0.29, 0.717) is 0 Å². The van der Waals surface area contributed by atoms with Crippen LogP contribution < -0.4 is 0 Å². The van der Waals surface area contributed by atoms with E-state index in [-0.39, 0.29) is 17.9 Å². The summed E-state index contributed by atoms with van der Waals surface area (Å²) in [7, 11) is 1.97. The minimum atomic E-state index is -0.556. The Morgan fingerprint density at radius 1 is 1.27 bits per heavy atom. The molecule has 0 aliphatic rings. The molecule has 0 fully saturated rings. The van der Waals surface area contributed by atoms with Gasteiger partial charge in [0.25, 0.3) is 0 Å². The van der Waals surface area contributed by atoms with E-state index >= 15 is 0 Å². The van der Waals surface area contributed by atoms with E-state index in [2.05, 4.69) is 44.0 Å². The van der Waals surface area contributed by atoms with Crippen molar-refractivity contribution < 1.29 is 5.11 Å². The first kappa shape index (κ1) is 18.6. The van der Waals surface area contributed by atoms with Gasteiger partial charge in [0.15, 0.2) is 0 Å². The normalized spacial score (nSPS) is 17.2. The van der Waals surface area contributed by atoms with E-state index in [0.717, 1.165) is 5.56 Å². The van der Waals surface area contributed by atoms with Gasteiger partial charge >= 0.3 is 0 Å². The lowest BCUT2D eigenvalue weighted by molar-refractivity contribution is -0.0266. The van der Waals surface area contributed by atoms with Crippen LogP contribution in [0.2, 0.25) is 0 Å². The van der Waals surface area contributed by atoms with Crippen LogP contribution in [0.3, 0.4) is 0 Å². The van der Waals surface area contributed by atoms with Gasteiger partial charge in [0, 0.05) is 24.4 Å². The second-order valence-electron chi connectivity index (χ2n) is 6.06. The van der Waals surface area contributed by atoms with Crippen LogP contribution in [0, 0.1) is 5.92 Å². The molecule has 1 aromatic rings. The van der Waals surface area contributed by atoms with Crippen LogP contribution in [0.5, 0.6) is 0 Å². The minimum Gasteiger partial charge on any atom is -0.378 e. The number of hydrogen-bond donors (Lipinski definition) is 1. The van der Waals surface area contributed by atoms with Crippen molar-refractivity contribution in [1.29, 1.82) is 0 Å². The highest BCUT2D eigenvalue weighted by Crippen LogP contribution is 2.34. The van der Waals surface area contributed by atoms with Gasteiger partial charge < -0.3 is 5.11 Å². The highest BCUT2D eigenvalue weighted by molar-refractivity contribution is 5.28. The molecule has 0 aromatic carbocycles. The van der Waals surface area contributed by atoms with Crippen LogP contribution in [0.1, 0.15) is 46.1 Å². The van der Waals surface area contributed by atoms with Gasteiger partial charge in [-0.15, -0.1) is 0 Å². The molecule has 0 saturated carbocycles. The molecule has 0 saturated heterocycles. The topological polar surface area (TPSA) is 36.4 Å². The van der Waals surface area contributed by atoms with Crippen molar-refractivity contribution in [2.75, 3.05) is 7.05 Å². The molecular weight excluding hydrogens is 272 g/mol. The summed E-state index contributed by atoms with van der Waals surface area (Å²) < 4.78 is 0. The van der Waals surface area contributed by atoms with E-state index in [1.165, 1.54) is 5.57 Å². The van der Waals surface area contributed by atoms with Crippen molar-refractivity contribution in [2.24, 2.45) is 5.92 Å². The number of pyridine rings is 1. The van der Waals surface area contributed by atoms with E-state index in [9.17, 15) is 5.11 Å². The zero-order valence-electron chi connectivity index (χ0n) is 14.7. The first-order valence-corrected chi connectivity index (χ1v) is 8.02. The van der Waals surface area contributed by atoms with Crippen molar-refractivity contribution in [3.05, 3.63) is 53.9 Å². The first-order valence-electron chi connectivity index (χ1n) is 8.02. The Labute approximate surface area is 135 Å². The molecule has 0 spiro atoms. The Kier molecular flexibility index (Phi) is 7.49. The molecule has 0 radical (unpaired) electrons. The Morgan fingerprint density at radius 3 is 2.41 bits per heavy atom. The SMILES string of the molecule is C/C=C\C(=C/C)C(C)C(c1cccnc1)C(O)N(C)C(C)C. The summed E-state index contributed by atoms with van der Waals surface area (Å²) in [6.45, 7) is 10.4. The van der Waals surface area contributed by atoms with Crippen LogP contribution in [-0.2, 0) is 0 Å². The third-order valence-corrected chi connectivity index (χ3v) is 4.38. The average Bonchev–Trinajstić information content (AvgIpc) is 2.52. The lowest BCUT2D eigenvalue weighted by Gasteiger charge is -2.37. The summed E-state index contributed by atoms with van der Waals surface area (Å²) in [5.41, 5.74) is 2.30. The average molecular weight is 302 g/mol. The largest absolute Gasteiger partial charge is 0.378 e. The monoisotopic (exact) mass is 302 g/mol. The summed E-state index contributed by atoms with van der Waals surface area (Å²) in [5, 5.41) is 10.9. The smallest absolute Gasteiger partial charge is 0.114 e. The maximum absolute atomic E-state index is 10.9. The van der Waals surface area contributed by atoms with Crippen LogP contribution >= 0.6 is 0 Å². The fourth-order valence-corrected chi connectivity index (χ4v) is 2.76. The van der Waals surface area contributed by atoms with Crippen molar-refractivity contribution in [2.45, 2.75) is 52.8 Å². The van der Waals surface area contributed by atoms with Crippen molar-refractivity contribution in [3.63, 3.8) is 0 Å². The first-order chi connectivity index (χ1) is 10.4. The molecule has 122 valence electrons. The number of hydrogen-bond acceptors (Lipinski definition) is 3. The van der Waals surface area contributed by atoms with Gasteiger partial charge in [-0.2, -0.15) is 0 Å². The second kappa shape index (κ2) is 8.86. The molecular formula is C19H30N2O. The summed E-state index contributed by atoms with van der Waals surface area (Å²) in [5.74, 6) is 0.171. The van der Waals surface area contributed by atoms with Crippen molar-refractivity contribution in [3.8, 4) is 0 Å². The summed E-state index contributed by atoms with van der Waals surface area (Å²) in [6, 6.07) is 4.26. The van der Waals surface area contributed by atoms with Gasteiger partial charge in [0.05, 0.1) is 0 Å². The van der Waals surface area contributed by atoms with Crippen LogP contribution in [0.25, 0.3) is 0 Å². The van der Waals surface area contributed by atoms with E-state index in [1.54, 1.807) is 6.20 Å². The molecule has 0 aliphatic carbocycles. The van der Waals surface area contributed by atoms with Gasteiger partial charge in [-0.3, -0.25) is 9.88 Å². The van der Waals surface area contributed by atoms with E-state index in [4.69, 9.17) is 0 Å². The lowest BCUT2D eigenvalue weighted by Crippen LogP contribution is -2.43. The third kappa shape index (κ3) is 4.52. The van der Waals surface area contributed by atoms with E-state index in [1.807, 2.05) is 44.1 Å². The highest BCUT2D eigenvalue weighted by atomic mass is 16.3. The minimum absolute atomic E-state index is 0.0245. The molecule has 1 rings (SSSR count). The molecule has 0 bridgehead atoms. The molecule has 1 N–H and O–H groups in total. The zero-order valence-corrected chi connectivity index (χ0v) is 14.7. The molecule has 3 nitrogen and oxygen atoms in total. The maximum Gasteiger partial charge on any atom is 0.114 e. The number of nitrogens with zero attached hydrogens (tertiary/aromatic N) is 2. The number of allylic oxidation sites excluding steroid dienone is 4. The number of aliphatic hydroxyl groups excluding tert-OH is 1.